The highest BCUT2D eigenvalue weighted by atomic mass is 16.5. The van der Waals surface area contributed by atoms with Gasteiger partial charge in [-0.05, 0) is 18.2 Å². The number of nitrogens with zero attached hydrogens (tertiary/aromatic N) is 1. The Balaban J connectivity index is 2.04. The van der Waals surface area contributed by atoms with Crippen molar-refractivity contribution in [3.63, 3.8) is 0 Å². The summed E-state index contributed by atoms with van der Waals surface area (Å²) >= 11 is 0. The highest BCUT2D eigenvalue weighted by Gasteiger charge is 2.02. The average molecular weight is 230 g/mol. The Morgan fingerprint density at radius 3 is 2.82 bits per heavy atom. The molecule has 1 aromatic heterocycles. The second-order valence-electron chi connectivity index (χ2n) is 3.55. The van der Waals surface area contributed by atoms with Crippen LogP contribution in [-0.2, 0) is 6.61 Å². The summed E-state index contributed by atoms with van der Waals surface area (Å²) in [6.45, 7) is 0.449. The average Bonchev–Trinajstić information content (AvgIpc) is 2.38. The van der Waals surface area contributed by atoms with Gasteiger partial charge in [0.05, 0.1) is 12.8 Å². The number of hydrogen-bond donors (Lipinski definition) is 1. The third kappa shape index (κ3) is 2.87. The summed E-state index contributed by atoms with van der Waals surface area (Å²) in [5, 5.41) is 0. The van der Waals surface area contributed by atoms with E-state index in [1.807, 2.05) is 18.2 Å². The zero-order valence-corrected chi connectivity index (χ0v) is 9.59. The smallest absolute Gasteiger partial charge is 0.142 e. The lowest BCUT2D eigenvalue weighted by molar-refractivity contribution is 0.307. The van der Waals surface area contributed by atoms with Crippen LogP contribution < -0.4 is 15.2 Å². The number of nitrogen functional groups attached to an aromatic ring is 1. The Morgan fingerprint density at radius 2 is 2.18 bits per heavy atom. The topological polar surface area (TPSA) is 57.4 Å². The standard InChI is InChI=1S/C13H14N2O2/c1-16-11-4-5-13(12(14)7-11)17-9-10-3-2-6-15-8-10/h2-8H,9,14H2,1H3. The Labute approximate surface area is 100 Å². The predicted molar refractivity (Wildman–Crippen MR) is 66.0 cm³/mol. The summed E-state index contributed by atoms with van der Waals surface area (Å²) in [7, 11) is 1.60. The number of anilines is 1. The quantitative estimate of drug-likeness (QED) is 0.818. The van der Waals surface area contributed by atoms with E-state index >= 15 is 0 Å². The molecule has 0 aliphatic heterocycles. The molecule has 0 saturated carbocycles. The van der Waals surface area contributed by atoms with Crippen molar-refractivity contribution < 1.29 is 9.47 Å². The van der Waals surface area contributed by atoms with Gasteiger partial charge in [0.2, 0.25) is 0 Å². The third-order valence-electron chi connectivity index (χ3n) is 2.33. The first-order valence-corrected chi connectivity index (χ1v) is 5.25. The summed E-state index contributed by atoms with van der Waals surface area (Å²) in [5.41, 5.74) is 7.41. The first-order chi connectivity index (χ1) is 8.29. The van der Waals surface area contributed by atoms with Crippen LogP contribution in [0.25, 0.3) is 0 Å². The SMILES string of the molecule is COc1ccc(OCc2cccnc2)c(N)c1. The molecule has 1 heterocycles. The van der Waals surface area contributed by atoms with Crippen LogP contribution in [0.5, 0.6) is 11.5 Å². The summed E-state index contributed by atoms with van der Waals surface area (Å²) in [4.78, 5) is 4.02. The molecule has 2 N–H and O–H groups in total. The zero-order chi connectivity index (χ0) is 12.1. The van der Waals surface area contributed by atoms with Crippen molar-refractivity contribution in [2.45, 2.75) is 6.61 Å². The summed E-state index contributed by atoms with van der Waals surface area (Å²) in [5.74, 6) is 1.37. The molecule has 4 heteroatoms. The number of ether oxygens (including phenoxy) is 2. The second kappa shape index (κ2) is 5.21. The molecule has 0 bridgehead atoms. The molecule has 0 radical (unpaired) electrons. The monoisotopic (exact) mass is 230 g/mol. The lowest BCUT2D eigenvalue weighted by atomic mass is 10.2. The zero-order valence-electron chi connectivity index (χ0n) is 9.59. The fourth-order valence-corrected chi connectivity index (χ4v) is 1.43. The van der Waals surface area contributed by atoms with E-state index in [9.17, 15) is 0 Å². The van der Waals surface area contributed by atoms with Crippen LogP contribution in [0, 0.1) is 0 Å². The maximum absolute atomic E-state index is 5.84. The number of hydrogen-bond acceptors (Lipinski definition) is 4. The lowest BCUT2D eigenvalue weighted by Gasteiger charge is -2.09. The maximum atomic E-state index is 5.84. The minimum absolute atomic E-state index is 0.449. The molecule has 2 aromatic rings. The number of nitrogens with two attached hydrogens (primary N) is 1. The van der Waals surface area contributed by atoms with Crippen molar-refractivity contribution in [1.82, 2.24) is 4.98 Å². The minimum Gasteiger partial charge on any atom is -0.497 e. The van der Waals surface area contributed by atoms with E-state index in [0.29, 0.717) is 18.0 Å². The molecular formula is C13H14N2O2. The second-order valence-corrected chi connectivity index (χ2v) is 3.55. The number of rotatable bonds is 4. The molecule has 0 fully saturated rings. The van der Waals surface area contributed by atoms with Gasteiger partial charge >= 0.3 is 0 Å². The number of methoxy groups -OCH3 is 1. The molecule has 0 unspecified atom stereocenters. The Morgan fingerprint density at radius 1 is 1.29 bits per heavy atom. The fraction of sp³-hybridized carbons (Fsp3) is 0.154. The molecule has 0 aliphatic carbocycles. The van der Waals surface area contributed by atoms with Gasteiger partial charge in [-0.15, -0.1) is 0 Å². The molecular weight excluding hydrogens is 216 g/mol. The lowest BCUT2D eigenvalue weighted by Crippen LogP contribution is -1.99. The molecule has 4 nitrogen and oxygen atoms in total. The van der Waals surface area contributed by atoms with Gasteiger partial charge in [-0.25, -0.2) is 0 Å². The van der Waals surface area contributed by atoms with Crippen LogP contribution in [0.15, 0.2) is 42.7 Å². The van der Waals surface area contributed by atoms with Gasteiger partial charge in [0.1, 0.15) is 18.1 Å². The summed E-state index contributed by atoms with van der Waals surface area (Å²) < 4.78 is 10.7. The number of aromatic nitrogens is 1. The largest absolute Gasteiger partial charge is 0.497 e. The van der Waals surface area contributed by atoms with E-state index in [-0.39, 0.29) is 0 Å². The van der Waals surface area contributed by atoms with E-state index in [1.165, 1.54) is 0 Å². The van der Waals surface area contributed by atoms with Crippen molar-refractivity contribution in [2.75, 3.05) is 12.8 Å². The van der Waals surface area contributed by atoms with Crippen LogP contribution in [0.3, 0.4) is 0 Å². The normalized spacial score (nSPS) is 9.94. The molecule has 0 amide bonds. The van der Waals surface area contributed by atoms with E-state index in [4.69, 9.17) is 15.2 Å². The molecule has 0 aliphatic rings. The summed E-state index contributed by atoms with van der Waals surface area (Å²) in [6.07, 6.45) is 3.49. The van der Waals surface area contributed by atoms with Crippen molar-refractivity contribution in [2.24, 2.45) is 0 Å². The Bertz CT molecular complexity index is 486. The van der Waals surface area contributed by atoms with Gasteiger partial charge in [-0.3, -0.25) is 4.98 Å². The fourth-order valence-electron chi connectivity index (χ4n) is 1.43. The predicted octanol–water partition coefficient (Wildman–Crippen LogP) is 2.25. The molecule has 88 valence electrons. The van der Waals surface area contributed by atoms with E-state index in [2.05, 4.69) is 4.98 Å². The van der Waals surface area contributed by atoms with E-state index < -0.39 is 0 Å². The van der Waals surface area contributed by atoms with Crippen molar-refractivity contribution in [1.29, 1.82) is 0 Å². The van der Waals surface area contributed by atoms with Gasteiger partial charge in [0.25, 0.3) is 0 Å². The Kier molecular flexibility index (Phi) is 3.45. The van der Waals surface area contributed by atoms with Crippen LogP contribution in [0.2, 0.25) is 0 Å². The highest BCUT2D eigenvalue weighted by Crippen LogP contribution is 2.26. The summed E-state index contributed by atoms with van der Waals surface area (Å²) in [6, 6.07) is 9.17. The van der Waals surface area contributed by atoms with E-state index in [1.54, 1.807) is 31.6 Å². The molecule has 17 heavy (non-hydrogen) atoms. The van der Waals surface area contributed by atoms with Crippen LogP contribution in [0.1, 0.15) is 5.56 Å². The van der Waals surface area contributed by atoms with Crippen LogP contribution in [-0.4, -0.2) is 12.1 Å². The molecule has 0 spiro atoms. The van der Waals surface area contributed by atoms with Crippen LogP contribution >= 0.6 is 0 Å². The molecule has 2 rings (SSSR count). The van der Waals surface area contributed by atoms with Gasteiger partial charge in [0, 0.05) is 24.0 Å². The van der Waals surface area contributed by atoms with Crippen molar-refractivity contribution in [3.05, 3.63) is 48.3 Å². The van der Waals surface area contributed by atoms with Gasteiger partial charge in [0.15, 0.2) is 0 Å². The van der Waals surface area contributed by atoms with Gasteiger partial charge in [-0.1, -0.05) is 6.07 Å². The Hall–Kier alpha value is -2.23. The first kappa shape index (κ1) is 11.3. The van der Waals surface area contributed by atoms with Gasteiger partial charge < -0.3 is 15.2 Å². The number of benzene rings is 1. The third-order valence-corrected chi connectivity index (χ3v) is 2.33. The molecule has 0 saturated heterocycles. The molecule has 0 atom stereocenters. The number of pyridine rings is 1. The minimum atomic E-state index is 0.449. The van der Waals surface area contributed by atoms with Crippen molar-refractivity contribution in [3.8, 4) is 11.5 Å². The van der Waals surface area contributed by atoms with E-state index in [0.717, 1.165) is 11.3 Å². The van der Waals surface area contributed by atoms with Crippen molar-refractivity contribution >= 4 is 5.69 Å². The molecule has 1 aromatic carbocycles. The maximum Gasteiger partial charge on any atom is 0.142 e. The van der Waals surface area contributed by atoms with Gasteiger partial charge in [-0.2, -0.15) is 0 Å². The first-order valence-electron chi connectivity index (χ1n) is 5.25. The van der Waals surface area contributed by atoms with Crippen LogP contribution in [0.4, 0.5) is 5.69 Å². The highest BCUT2D eigenvalue weighted by molar-refractivity contribution is 5.56.